The lowest BCUT2D eigenvalue weighted by atomic mass is 9.92. The zero-order chi connectivity index (χ0) is 9.19. The highest BCUT2D eigenvalue weighted by atomic mass is 32.1. The fraction of sp³-hybridized carbons (Fsp3) is 1.00. The molecule has 3 nitrogen and oxygen atoms in total. The number of nitrogens with zero attached hydrogens (tertiary/aromatic N) is 1. The van der Waals surface area contributed by atoms with Gasteiger partial charge in [-0.1, -0.05) is 12.8 Å². The van der Waals surface area contributed by atoms with E-state index in [-0.39, 0.29) is 5.92 Å². The van der Waals surface area contributed by atoms with Crippen LogP contribution in [-0.2, 0) is 4.74 Å². The van der Waals surface area contributed by atoms with E-state index in [4.69, 9.17) is 4.74 Å². The molecule has 0 radical (unpaired) electrons. The number of aliphatic hydroxyl groups is 1. The van der Waals surface area contributed by atoms with E-state index < -0.39 is 5.60 Å². The van der Waals surface area contributed by atoms with Crippen molar-refractivity contribution in [2.45, 2.75) is 19.4 Å². The van der Waals surface area contributed by atoms with Crippen LogP contribution < -0.4 is 0 Å². The van der Waals surface area contributed by atoms with Crippen molar-refractivity contribution in [3.63, 3.8) is 0 Å². The zero-order valence-electron chi connectivity index (χ0n) is 7.66. The SMILES string of the molecule is CC(C)(O)[C@H]1COCCN(S)C1. The summed E-state index contributed by atoms with van der Waals surface area (Å²) in [7, 11) is 0. The third kappa shape index (κ3) is 2.94. The molecular formula is C8H17NO2S. The van der Waals surface area contributed by atoms with Crippen molar-refractivity contribution in [1.29, 1.82) is 0 Å². The van der Waals surface area contributed by atoms with Crippen molar-refractivity contribution in [2.24, 2.45) is 5.92 Å². The van der Waals surface area contributed by atoms with Crippen LogP contribution in [0.15, 0.2) is 0 Å². The standard InChI is InChI=1S/C8H17NO2S/c1-8(2,10)7-5-9(12)3-4-11-6-7/h7,10,12H,3-6H2,1-2H3/t7-/m1/s1. The molecule has 1 aliphatic heterocycles. The first-order valence-corrected chi connectivity index (χ1v) is 4.64. The number of hydrogen-bond acceptors (Lipinski definition) is 4. The Hall–Kier alpha value is 0.230. The fourth-order valence-electron chi connectivity index (χ4n) is 1.22. The van der Waals surface area contributed by atoms with Gasteiger partial charge in [0.05, 0.1) is 18.8 Å². The topological polar surface area (TPSA) is 32.7 Å². The van der Waals surface area contributed by atoms with Gasteiger partial charge in [-0.2, -0.15) is 0 Å². The highest BCUT2D eigenvalue weighted by Crippen LogP contribution is 2.20. The quantitative estimate of drug-likeness (QED) is 0.594. The summed E-state index contributed by atoms with van der Waals surface area (Å²) in [6.45, 7) is 6.57. The van der Waals surface area contributed by atoms with Gasteiger partial charge in [-0.25, -0.2) is 0 Å². The molecule has 0 saturated carbocycles. The average Bonchev–Trinajstić information content (AvgIpc) is 2.11. The summed E-state index contributed by atoms with van der Waals surface area (Å²) in [5.74, 6) is 0.150. The lowest BCUT2D eigenvalue weighted by molar-refractivity contribution is -0.0186. The molecule has 1 rings (SSSR count). The minimum atomic E-state index is -0.675. The molecule has 1 saturated heterocycles. The van der Waals surface area contributed by atoms with Gasteiger partial charge in [0.2, 0.25) is 0 Å². The summed E-state index contributed by atoms with van der Waals surface area (Å²) in [5, 5.41) is 9.74. The molecule has 0 amide bonds. The summed E-state index contributed by atoms with van der Waals surface area (Å²) >= 11 is 4.26. The van der Waals surface area contributed by atoms with E-state index >= 15 is 0 Å². The van der Waals surface area contributed by atoms with Gasteiger partial charge in [0.15, 0.2) is 0 Å². The first kappa shape index (κ1) is 10.3. The number of thiol groups is 1. The van der Waals surface area contributed by atoms with E-state index in [1.54, 1.807) is 0 Å². The van der Waals surface area contributed by atoms with Crippen LogP contribution in [0.1, 0.15) is 13.8 Å². The lowest BCUT2D eigenvalue weighted by Crippen LogP contribution is -2.38. The van der Waals surface area contributed by atoms with Crippen molar-refractivity contribution < 1.29 is 9.84 Å². The normalized spacial score (nSPS) is 28.5. The molecule has 1 atom stereocenters. The Kier molecular flexibility index (Phi) is 3.40. The van der Waals surface area contributed by atoms with Gasteiger partial charge in [-0.3, -0.25) is 4.31 Å². The Bertz CT molecular complexity index is 146. The molecule has 0 aromatic carbocycles. The maximum Gasteiger partial charge on any atom is 0.0654 e. The van der Waals surface area contributed by atoms with Gasteiger partial charge in [-0.05, 0) is 13.8 Å². The minimum Gasteiger partial charge on any atom is -0.390 e. The predicted octanol–water partition coefficient (Wildman–Crippen LogP) is 0.550. The first-order valence-electron chi connectivity index (χ1n) is 4.24. The van der Waals surface area contributed by atoms with Crippen LogP contribution in [0.2, 0.25) is 0 Å². The van der Waals surface area contributed by atoms with Gasteiger partial charge in [0.1, 0.15) is 0 Å². The van der Waals surface area contributed by atoms with E-state index in [1.807, 2.05) is 18.2 Å². The summed E-state index contributed by atoms with van der Waals surface area (Å²) in [6, 6.07) is 0. The Morgan fingerprint density at radius 3 is 2.83 bits per heavy atom. The van der Waals surface area contributed by atoms with Crippen LogP contribution in [0.25, 0.3) is 0 Å². The van der Waals surface area contributed by atoms with Gasteiger partial charge in [-0.15, -0.1) is 0 Å². The maximum absolute atomic E-state index is 9.74. The smallest absolute Gasteiger partial charge is 0.0654 e. The van der Waals surface area contributed by atoms with Crippen LogP contribution in [0.5, 0.6) is 0 Å². The van der Waals surface area contributed by atoms with E-state index in [1.165, 1.54) is 0 Å². The van der Waals surface area contributed by atoms with Crippen molar-refractivity contribution in [3.05, 3.63) is 0 Å². The third-order valence-corrected chi connectivity index (χ3v) is 2.61. The second kappa shape index (κ2) is 3.96. The van der Waals surface area contributed by atoms with Gasteiger partial charge < -0.3 is 9.84 Å². The van der Waals surface area contributed by atoms with Crippen LogP contribution in [0, 0.1) is 5.92 Å². The number of ether oxygens (including phenoxy) is 1. The largest absolute Gasteiger partial charge is 0.390 e. The summed E-state index contributed by atoms with van der Waals surface area (Å²) in [6.07, 6.45) is 0. The highest BCUT2D eigenvalue weighted by Gasteiger charge is 2.29. The predicted molar refractivity (Wildman–Crippen MR) is 51.2 cm³/mol. The average molecular weight is 191 g/mol. The van der Waals surface area contributed by atoms with Crippen molar-refractivity contribution in [2.75, 3.05) is 26.3 Å². The van der Waals surface area contributed by atoms with Gasteiger partial charge >= 0.3 is 0 Å². The van der Waals surface area contributed by atoms with E-state index in [0.29, 0.717) is 13.2 Å². The molecule has 4 heteroatoms. The van der Waals surface area contributed by atoms with Gasteiger partial charge in [0.25, 0.3) is 0 Å². The second-order valence-electron chi connectivity index (χ2n) is 3.84. The molecule has 0 bridgehead atoms. The van der Waals surface area contributed by atoms with Crippen LogP contribution >= 0.6 is 12.8 Å². The summed E-state index contributed by atoms with van der Waals surface area (Å²) in [5.41, 5.74) is -0.675. The Balaban J connectivity index is 2.52. The minimum absolute atomic E-state index is 0.150. The van der Waals surface area contributed by atoms with Crippen molar-refractivity contribution >= 4 is 12.8 Å². The Morgan fingerprint density at radius 1 is 1.58 bits per heavy atom. The molecule has 12 heavy (non-hydrogen) atoms. The molecule has 72 valence electrons. The molecule has 0 unspecified atom stereocenters. The first-order chi connectivity index (χ1) is 5.50. The van der Waals surface area contributed by atoms with Crippen LogP contribution in [-0.4, -0.2) is 41.3 Å². The van der Waals surface area contributed by atoms with E-state index in [2.05, 4.69) is 12.8 Å². The Morgan fingerprint density at radius 2 is 2.25 bits per heavy atom. The number of rotatable bonds is 1. The molecule has 0 aromatic heterocycles. The summed E-state index contributed by atoms with van der Waals surface area (Å²) in [4.78, 5) is 0. The zero-order valence-corrected chi connectivity index (χ0v) is 8.55. The molecule has 0 aliphatic carbocycles. The van der Waals surface area contributed by atoms with E-state index in [0.717, 1.165) is 13.1 Å². The monoisotopic (exact) mass is 191 g/mol. The summed E-state index contributed by atoms with van der Waals surface area (Å²) < 4.78 is 7.25. The lowest BCUT2D eigenvalue weighted by Gasteiger charge is -2.29. The molecule has 0 spiro atoms. The molecule has 1 heterocycles. The second-order valence-corrected chi connectivity index (χ2v) is 4.40. The molecule has 1 aliphatic rings. The molecule has 0 aromatic rings. The Labute approximate surface area is 79.2 Å². The fourth-order valence-corrected chi connectivity index (χ4v) is 1.50. The molecule has 1 fully saturated rings. The molecular weight excluding hydrogens is 174 g/mol. The van der Waals surface area contributed by atoms with Crippen molar-refractivity contribution in [1.82, 2.24) is 4.31 Å². The maximum atomic E-state index is 9.74. The third-order valence-electron chi connectivity index (χ3n) is 2.24. The molecule has 1 N–H and O–H groups in total. The van der Waals surface area contributed by atoms with Crippen LogP contribution in [0.4, 0.5) is 0 Å². The number of hydrogen-bond donors (Lipinski definition) is 2. The van der Waals surface area contributed by atoms with Crippen LogP contribution in [0.3, 0.4) is 0 Å². The highest BCUT2D eigenvalue weighted by molar-refractivity contribution is 7.77. The van der Waals surface area contributed by atoms with E-state index in [9.17, 15) is 5.11 Å². The van der Waals surface area contributed by atoms with Crippen molar-refractivity contribution in [3.8, 4) is 0 Å². The van der Waals surface area contributed by atoms with Gasteiger partial charge in [0, 0.05) is 19.0 Å².